The molecule has 4 heteroatoms. The zero-order valence-electron chi connectivity index (χ0n) is 14.4. The number of hydrogen-bond acceptors (Lipinski definition) is 4. The molecule has 0 saturated carbocycles. The molecule has 4 nitrogen and oxygen atoms in total. The minimum absolute atomic E-state index is 0.453. The van der Waals surface area contributed by atoms with Crippen LogP contribution in [0.3, 0.4) is 0 Å². The molecule has 1 atom stereocenters. The summed E-state index contributed by atoms with van der Waals surface area (Å²) in [6, 6.07) is 0.453. The van der Waals surface area contributed by atoms with Crippen LogP contribution in [-0.4, -0.2) is 22.6 Å². The van der Waals surface area contributed by atoms with E-state index in [1.165, 1.54) is 25.7 Å². The van der Waals surface area contributed by atoms with Crippen LogP contribution in [0.2, 0.25) is 0 Å². The average molecular weight is 292 g/mol. The molecule has 1 heterocycles. The van der Waals surface area contributed by atoms with E-state index < -0.39 is 0 Å². The Morgan fingerprint density at radius 2 is 1.71 bits per heavy atom. The molecule has 1 rings (SSSR count). The first kappa shape index (κ1) is 17.7. The maximum atomic E-state index is 4.67. The van der Waals surface area contributed by atoms with Gasteiger partial charge in [-0.15, -0.1) is 0 Å². The van der Waals surface area contributed by atoms with Gasteiger partial charge in [0.25, 0.3) is 0 Å². The Bertz CT molecular complexity index is 417. The van der Waals surface area contributed by atoms with Crippen molar-refractivity contribution < 1.29 is 0 Å². The van der Waals surface area contributed by atoms with Crippen LogP contribution < -0.4 is 10.6 Å². The van der Waals surface area contributed by atoms with E-state index in [1.807, 2.05) is 0 Å². The van der Waals surface area contributed by atoms with E-state index in [0.29, 0.717) is 6.04 Å². The molecule has 0 aromatic carbocycles. The summed E-state index contributed by atoms with van der Waals surface area (Å²) >= 11 is 0. The SMILES string of the molecule is CCCCCC(C)Nc1nc(CC)nc(NCCC)c1C. The first-order valence-corrected chi connectivity index (χ1v) is 8.50. The number of unbranched alkanes of at least 4 members (excludes halogenated alkanes) is 2. The Hall–Kier alpha value is -1.32. The first-order valence-electron chi connectivity index (χ1n) is 8.50. The summed E-state index contributed by atoms with van der Waals surface area (Å²) in [6.07, 6.45) is 7.00. The Labute approximate surface area is 130 Å². The van der Waals surface area contributed by atoms with Crippen LogP contribution in [0.4, 0.5) is 11.6 Å². The molecule has 0 amide bonds. The lowest BCUT2D eigenvalue weighted by atomic mass is 10.1. The predicted octanol–water partition coefficient (Wildman–Crippen LogP) is 4.55. The third kappa shape index (κ3) is 5.90. The van der Waals surface area contributed by atoms with Gasteiger partial charge in [0.05, 0.1) is 0 Å². The minimum atomic E-state index is 0.453. The molecule has 0 fully saturated rings. The molecule has 0 saturated heterocycles. The second kappa shape index (κ2) is 9.59. The minimum Gasteiger partial charge on any atom is -0.370 e. The molecule has 21 heavy (non-hydrogen) atoms. The van der Waals surface area contributed by atoms with Crippen LogP contribution in [0.5, 0.6) is 0 Å². The van der Waals surface area contributed by atoms with Gasteiger partial charge in [0.1, 0.15) is 17.5 Å². The van der Waals surface area contributed by atoms with E-state index in [9.17, 15) is 0 Å². The number of anilines is 2. The fourth-order valence-electron chi connectivity index (χ4n) is 2.28. The molecule has 0 aliphatic rings. The molecule has 0 aliphatic heterocycles. The zero-order chi connectivity index (χ0) is 15.7. The number of aromatic nitrogens is 2. The summed E-state index contributed by atoms with van der Waals surface area (Å²) in [5, 5.41) is 6.98. The number of aryl methyl sites for hydroxylation is 1. The van der Waals surface area contributed by atoms with Gasteiger partial charge in [0, 0.05) is 24.6 Å². The number of hydrogen-bond donors (Lipinski definition) is 2. The molecular weight excluding hydrogens is 260 g/mol. The van der Waals surface area contributed by atoms with Crippen molar-refractivity contribution in [1.82, 2.24) is 9.97 Å². The van der Waals surface area contributed by atoms with E-state index in [1.54, 1.807) is 0 Å². The number of rotatable bonds is 10. The normalized spacial score (nSPS) is 12.2. The maximum Gasteiger partial charge on any atom is 0.134 e. The number of nitrogens with one attached hydrogen (secondary N) is 2. The van der Waals surface area contributed by atoms with Crippen LogP contribution in [0, 0.1) is 6.92 Å². The molecule has 0 spiro atoms. The lowest BCUT2D eigenvalue weighted by molar-refractivity contribution is 0.613. The van der Waals surface area contributed by atoms with Crippen molar-refractivity contribution in [2.24, 2.45) is 0 Å². The van der Waals surface area contributed by atoms with Crippen LogP contribution in [0.25, 0.3) is 0 Å². The van der Waals surface area contributed by atoms with Crippen molar-refractivity contribution in [3.63, 3.8) is 0 Å². The lowest BCUT2D eigenvalue weighted by Gasteiger charge is -2.18. The van der Waals surface area contributed by atoms with Gasteiger partial charge in [-0.3, -0.25) is 0 Å². The first-order chi connectivity index (χ1) is 10.1. The van der Waals surface area contributed by atoms with Crippen molar-refractivity contribution in [2.75, 3.05) is 17.2 Å². The topological polar surface area (TPSA) is 49.8 Å². The van der Waals surface area contributed by atoms with E-state index in [0.717, 1.165) is 42.4 Å². The monoisotopic (exact) mass is 292 g/mol. The van der Waals surface area contributed by atoms with Gasteiger partial charge in [-0.25, -0.2) is 9.97 Å². The van der Waals surface area contributed by atoms with Crippen molar-refractivity contribution in [1.29, 1.82) is 0 Å². The van der Waals surface area contributed by atoms with E-state index in [4.69, 9.17) is 0 Å². The summed E-state index contributed by atoms with van der Waals surface area (Å²) in [4.78, 5) is 9.27. The molecule has 1 aromatic rings. The molecule has 0 bridgehead atoms. The second-order valence-corrected chi connectivity index (χ2v) is 5.78. The third-order valence-electron chi connectivity index (χ3n) is 3.67. The van der Waals surface area contributed by atoms with Crippen molar-refractivity contribution >= 4 is 11.6 Å². The highest BCUT2D eigenvalue weighted by Crippen LogP contribution is 2.22. The van der Waals surface area contributed by atoms with Crippen molar-refractivity contribution in [3.8, 4) is 0 Å². The Balaban J connectivity index is 2.79. The average Bonchev–Trinajstić information content (AvgIpc) is 2.48. The molecule has 0 radical (unpaired) electrons. The van der Waals surface area contributed by atoms with Gasteiger partial charge in [-0.1, -0.05) is 40.0 Å². The van der Waals surface area contributed by atoms with Crippen molar-refractivity contribution in [3.05, 3.63) is 11.4 Å². The van der Waals surface area contributed by atoms with Gasteiger partial charge in [0.15, 0.2) is 0 Å². The molecule has 120 valence electrons. The van der Waals surface area contributed by atoms with Gasteiger partial charge in [-0.2, -0.15) is 0 Å². The van der Waals surface area contributed by atoms with E-state index in [-0.39, 0.29) is 0 Å². The summed E-state index contributed by atoms with van der Waals surface area (Å²) < 4.78 is 0. The fraction of sp³-hybridized carbons (Fsp3) is 0.765. The van der Waals surface area contributed by atoms with E-state index in [2.05, 4.69) is 55.2 Å². The van der Waals surface area contributed by atoms with Crippen molar-refractivity contribution in [2.45, 2.75) is 79.2 Å². The number of nitrogens with zero attached hydrogens (tertiary/aromatic N) is 2. The van der Waals surface area contributed by atoms with E-state index >= 15 is 0 Å². The van der Waals surface area contributed by atoms with Gasteiger partial charge in [-0.05, 0) is 26.7 Å². The lowest BCUT2D eigenvalue weighted by Crippen LogP contribution is -2.19. The van der Waals surface area contributed by atoms with Gasteiger partial charge < -0.3 is 10.6 Å². The van der Waals surface area contributed by atoms with Crippen LogP contribution in [0.15, 0.2) is 0 Å². The summed E-state index contributed by atoms with van der Waals surface area (Å²) in [5.74, 6) is 2.87. The smallest absolute Gasteiger partial charge is 0.134 e. The summed E-state index contributed by atoms with van der Waals surface area (Å²) in [5.41, 5.74) is 1.13. The zero-order valence-corrected chi connectivity index (χ0v) is 14.4. The summed E-state index contributed by atoms with van der Waals surface area (Å²) in [6.45, 7) is 11.8. The molecule has 0 aliphatic carbocycles. The Morgan fingerprint density at radius 1 is 1.00 bits per heavy atom. The quantitative estimate of drug-likeness (QED) is 0.621. The third-order valence-corrected chi connectivity index (χ3v) is 3.67. The van der Waals surface area contributed by atoms with Crippen LogP contribution in [0.1, 0.15) is 71.2 Å². The second-order valence-electron chi connectivity index (χ2n) is 5.78. The van der Waals surface area contributed by atoms with Gasteiger partial charge in [0.2, 0.25) is 0 Å². The molecule has 1 aromatic heterocycles. The maximum absolute atomic E-state index is 4.67. The molecule has 1 unspecified atom stereocenters. The predicted molar refractivity (Wildman–Crippen MR) is 92.2 cm³/mol. The van der Waals surface area contributed by atoms with Crippen LogP contribution >= 0.6 is 0 Å². The van der Waals surface area contributed by atoms with Crippen LogP contribution in [-0.2, 0) is 6.42 Å². The summed E-state index contributed by atoms with van der Waals surface area (Å²) in [7, 11) is 0. The molecular formula is C17H32N4. The fourth-order valence-corrected chi connectivity index (χ4v) is 2.28. The Morgan fingerprint density at radius 3 is 2.33 bits per heavy atom. The highest BCUT2D eigenvalue weighted by atomic mass is 15.1. The largest absolute Gasteiger partial charge is 0.370 e. The molecule has 2 N–H and O–H groups in total. The standard InChI is InChI=1S/C17H32N4/c1-6-9-10-11-13(4)19-17-14(5)16(18-12-7-2)20-15(8-3)21-17/h13H,6-12H2,1-5H3,(H2,18,19,20,21). The Kier molecular flexibility index (Phi) is 8.09. The van der Waals surface area contributed by atoms with Gasteiger partial charge >= 0.3 is 0 Å². The highest BCUT2D eigenvalue weighted by Gasteiger charge is 2.12. The highest BCUT2D eigenvalue weighted by molar-refractivity contribution is 5.57.